The van der Waals surface area contributed by atoms with Gasteiger partial charge in [-0.25, -0.2) is 19.9 Å². The number of halogens is 5. The molecule has 0 spiro atoms. The Morgan fingerprint density at radius 2 is 1.92 bits per heavy atom. The number of imidazole rings is 1. The molecule has 9 nitrogen and oxygen atoms in total. The fraction of sp³-hybridized carbons (Fsp3) is 0.261. The molecule has 0 saturated carbocycles. The monoisotopic (exact) mass is 519 g/mol. The Morgan fingerprint density at radius 1 is 1.16 bits per heavy atom. The molecular weight excluding hydrogens is 501 g/mol. The fourth-order valence-corrected chi connectivity index (χ4v) is 4.30. The van der Waals surface area contributed by atoms with Crippen LogP contribution in [-0.2, 0) is 16.6 Å². The number of benzene rings is 1. The quantitative estimate of drug-likeness (QED) is 0.341. The van der Waals surface area contributed by atoms with Crippen molar-refractivity contribution in [1.82, 2.24) is 24.3 Å². The number of aryl methyl sites for hydroxylation is 1. The second-order valence-corrected chi connectivity index (χ2v) is 8.72. The SMILES string of the molecule is C[C@]1(c2cccc(O)c2)C(=O)Nc2nc(-c3cn4ccnc4c(CCC(F)(F)C(F)(F)F)n3)nc(N)c21. The zero-order chi connectivity index (χ0) is 26.8. The first kappa shape index (κ1) is 24.3. The Labute approximate surface area is 205 Å². The summed E-state index contributed by atoms with van der Waals surface area (Å²) in [5, 5.41) is 12.5. The lowest BCUT2D eigenvalue weighted by Crippen LogP contribution is -2.36. The second kappa shape index (κ2) is 8.08. The smallest absolute Gasteiger partial charge is 0.453 e. The Kier molecular flexibility index (Phi) is 5.31. The van der Waals surface area contributed by atoms with Crippen LogP contribution in [0.15, 0.2) is 42.9 Å². The van der Waals surface area contributed by atoms with E-state index in [0.717, 1.165) is 0 Å². The van der Waals surface area contributed by atoms with E-state index in [4.69, 9.17) is 5.73 Å². The highest BCUT2D eigenvalue weighted by molar-refractivity contribution is 6.09. The van der Waals surface area contributed by atoms with Crippen molar-refractivity contribution in [1.29, 1.82) is 0 Å². The van der Waals surface area contributed by atoms with Crippen LogP contribution in [-0.4, -0.2) is 47.4 Å². The van der Waals surface area contributed by atoms with Crippen LogP contribution in [0.1, 0.15) is 30.2 Å². The van der Waals surface area contributed by atoms with Gasteiger partial charge in [0.1, 0.15) is 28.5 Å². The second-order valence-electron chi connectivity index (χ2n) is 8.72. The molecule has 1 aliphatic heterocycles. The van der Waals surface area contributed by atoms with Gasteiger partial charge in [-0.3, -0.25) is 4.79 Å². The van der Waals surface area contributed by atoms with Crippen LogP contribution in [0.5, 0.6) is 5.75 Å². The number of rotatable bonds is 5. The van der Waals surface area contributed by atoms with Gasteiger partial charge in [0.2, 0.25) is 5.91 Å². The normalized spacial score (nSPS) is 17.7. The minimum absolute atomic E-state index is 0.0190. The molecule has 0 fully saturated rings. The number of nitrogens with one attached hydrogen (secondary N) is 1. The van der Waals surface area contributed by atoms with Crippen molar-refractivity contribution in [2.24, 2.45) is 0 Å². The van der Waals surface area contributed by atoms with Crippen molar-refractivity contribution < 1.29 is 31.9 Å². The van der Waals surface area contributed by atoms with Crippen molar-refractivity contribution in [2.45, 2.75) is 37.3 Å². The van der Waals surface area contributed by atoms with E-state index in [9.17, 15) is 31.9 Å². The molecule has 1 atom stereocenters. The van der Waals surface area contributed by atoms with Crippen molar-refractivity contribution >= 4 is 23.2 Å². The first-order valence-electron chi connectivity index (χ1n) is 10.9. The summed E-state index contributed by atoms with van der Waals surface area (Å²) in [6, 6.07) is 6.07. The van der Waals surface area contributed by atoms with Crippen LogP contribution < -0.4 is 11.1 Å². The van der Waals surface area contributed by atoms with Gasteiger partial charge < -0.3 is 20.6 Å². The van der Waals surface area contributed by atoms with Crippen LogP contribution in [0.25, 0.3) is 17.2 Å². The third kappa shape index (κ3) is 3.88. The molecule has 0 unspecified atom stereocenters. The molecule has 1 aliphatic rings. The van der Waals surface area contributed by atoms with Crippen LogP contribution in [0, 0.1) is 0 Å². The van der Waals surface area contributed by atoms with Gasteiger partial charge in [0, 0.05) is 25.0 Å². The first-order valence-corrected chi connectivity index (χ1v) is 10.9. The molecule has 192 valence electrons. The lowest BCUT2D eigenvalue weighted by Gasteiger charge is -2.23. The predicted molar refractivity (Wildman–Crippen MR) is 121 cm³/mol. The molecule has 0 bridgehead atoms. The largest absolute Gasteiger partial charge is 0.508 e. The molecule has 4 aromatic rings. The number of carbonyl (C=O) groups is 1. The van der Waals surface area contributed by atoms with Gasteiger partial charge in [-0.15, -0.1) is 0 Å². The molecule has 1 amide bonds. The molecule has 1 aromatic carbocycles. The van der Waals surface area contributed by atoms with Crippen LogP contribution >= 0.6 is 0 Å². The predicted octanol–water partition coefficient (Wildman–Crippen LogP) is 3.86. The number of fused-ring (bicyclic) bond motifs is 2. The number of phenols is 1. The molecule has 0 saturated heterocycles. The van der Waals surface area contributed by atoms with Gasteiger partial charge in [0.05, 0.1) is 11.3 Å². The number of aromatic nitrogens is 5. The third-order valence-corrected chi connectivity index (χ3v) is 6.31. The zero-order valence-electron chi connectivity index (χ0n) is 19.0. The molecular formula is C23H18F5N7O2. The van der Waals surface area contributed by atoms with E-state index in [1.807, 2.05) is 0 Å². The van der Waals surface area contributed by atoms with E-state index in [0.29, 0.717) is 5.56 Å². The number of aromatic hydroxyl groups is 1. The van der Waals surface area contributed by atoms with Crippen molar-refractivity contribution in [3.63, 3.8) is 0 Å². The van der Waals surface area contributed by atoms with E-state index >= 15 is 0 Å². The summed E-state index contributed by atoms with van der Waals surface area (Å²) in [5.74, 6) is -5.53. The van der Waals surface area contributed by atoms with E-state index in [-0.39, 0.29) is 45.8 Å². The van der Waals surface area contributed by atoms with Crippen molar-refractivity contribution in [3.8, 4) is 17.3 Å². The topological polar surface area (TPSA) is 131 Å². The van der Waals surface area contributed by atoms with Gasteiger partial charge in [-0.05, 0) is 31.0 Å². The highest BCUT2D eigenvalue weighted by atomic mass is 19.4. The summed E-state index contributed by atoms with van der Waals surface area (Å²) in [6.45, 7) is 1.59. The lowest BCUT2D eigenvalue weighted by molar-refractivity contribution is -0.284. The number of alkyl halides is 5. The number of carbonyl (C=O) groups excluding carboxylic acids is 1. The van der Waals surface area contributed by atoms with Crippen LogP contribution in [0.2, 0.25) is 0 Å². The summed E-state index contributed by atoms with van der Waals surface area (Å²) in [6.07, 6.45) is -3.74. The molecule has 0 radical (unpaired) electrons. The number of hydrogen-bond donors (Lipinski definition) is 3. The van der Waals surface area contributed by atoms with E-state index in [2.05, 4.69) is 25.3 Å². The van der Waals surface area contributed by atoms with E-state index in [1.54, 1.807) is 19.1 Å². The maximum atomic E-state index is 13.6. The van der Waals surface area contributed by atoms with Gasteiger partial charge in [0.15, 0.2) is 11.5 Å². The minimum atomic E-state index is -5.70. The van der Waals surface area contributed by atoms with E-state index in [1.165, 1.54) is 35.1 Å². The Balaban J connectivity index is 1.57. The minimum Gasteiger partial charge on any atom is -0.508 e. The summed E-state index contributed by atoms with van der Waals surface area (Å²) in [4.78, 5) is 29.8. The molecule has 5 rings (SSSR count). The zero-order valence-corrected chi connectivity index (χ0v) is 19.0. The highest BCUT2D eigenvalue weighted by Crippen LogP contribution is 2.45. The lowest BCUT2D eigenvalue weighted by atomic mass is 9.77. The van der Waals surface area contributed by atoms with Crippen molar-refractivity contribution in [3.05, 3.63) is 59.7 Å². The number of amides is 1. The maximum Gasteiger partial charge on any atom is 0.453 e. The molecule has 14 heteroatoms. The Morgan fingerprint density at radius 3 is 2.62 bits per heavy atom. The van der Waals surface area contributed by atoms with Gasteiger partial charge in [-0.1, -0.05) is 12.1 Å². The third-order valence-electron chi connectivity index (χ3n) is 6.31. The average molecular weight is 519 g/mol. The van der Waals surface area contributed by atoms with Crippen LogP contribution in [0.3, 0.4) is 0 Å². The number of anilines is 2. The summed E-state index contributed by atoms with van der Waals surface area (Å²) < 4.78 is 66.5. The number of phenolic OH excluding ortho intramolecular Hbond substituents is 1. The molecule has 0 aliphatic carbocycles. The fourth-order valence-electron chi connectivity index (χ4n) is 4.30. The van der Waals surface area contributed by atoms with Gasteiger partial charge in [-0.2, -0.15) is 22.0 Å². The molecule has 4 heterocycles. The average Bonchev–Trinajstić information content (AvgIpc) is 3.39. The molecule has 4 N–H and O–H groups in total. The van der Waals surface area contributed by atoms with Gasteiger partial charge in [0.25, 0.3) is 0 Å². The highest BCUT2D eigenvalue weighted by Gasteiger charge is 2.56. The number of hydrogen-bond acceptors (Lipinski definition) is 7. The standard InChI is InChI=1S/C23H18F5N7O2/c1-21(11-3-2-4-12(36)9-11)15-16(29)32-17(33-18(15)34-20(21)37)14-10-35-8-7-30-19(35)13(31-14)5-6-22(24,25)23(26,27)28/h2-4,7-10,36H,5-6H2,1H3,(H3,29,32,33,34,37)/t21-/m1/s1. The van der Waals surface area contributed by atoms with E-state index < -0.39 is 36.3 Å². The summed E-state index contributed by atoms with van der Waals surface area (Å²) in [5.41, 5.74) is 5.62. The Bertz CT molecular complexity index is 1550. The van der Waals surface area contributed by atoms with Crippen molar-refractivity contribution in [2.75, 3.05) is 11.1 Å². The Hall–Kier alpha value is -4.36. The maximum absolute atomic E-state index is 13.6. The molecule has 37 heavy (non-hydrogen) atoms. The first-order chi connectivity index (χ1) is 17.3. The van der Waals surface area contributed by atoms with Crippen LogP contribution in [0.4, 0.5) is 33.6 Å². The van der Waals surface area contributed by atoms with Gasteiger partial charge >= 0.3 is 12.1 Å². The summed E-state index contributed by atoms with van der Waals surface area (Å²) >= 11 is 0. The molecule has 3 aromatic heterocycles. The number of nitrogens with zero attached hydrogens (tertiary/aromatic N) is 5. The summed E-state index contributed by atoms with van der Waals surface area (Å²) in [7, 11) is 0. The number of nitrogens with two attached hydrogens (primary N) is 1. The number of nitrogen functional groups attached to an aromatic ring is 1.